The van der Waals surface area contributed by atoms with Crippen LogP contribution in [0, 0.1) is 24.0 Å². The summed E-state index contributed by atoms with van der Waals surface area (Å²) in [5, 5.41) is 13.3. The number of aromatic nitrogens is 1. The molecule has 2 N–H and O–H groups in total. The molecule has 7 heteroatoms. The number of carbonyl (C=O) groups is 2. The highest BCUT2D eigenvalue weighted by Gasteiger charge is 2.20. The molecule has 0 bridgehead atoms. The van der Waals surface area contributed by atoms with Crippen LogP contribution in [0.25, 0.3) is 0 Å². The maximum absolute atomic E-state index is 12.3. The van der Waals surface area contributed by atoms with Gasteiger partial charge in [0.25, 0.3) is 11.6 Å². The average molecular weight is 301 g/mol. The molecule has 22 heavy (non-hydrogen) atoms. The molecule has 2 aromatic rings. The van der Waals surface area contributed by atoms with Gasteiger partial charge in [-0.1, -0.05) is 6.07 Å². The molecule has 7 nitrogen and oxygen atoms in total. The molecule has 0 spiro atoms. The van der Waals surface area contributed by atoms with Crippen molar-refractivity contribution in [3.8, 4) is 0 Å². The van der Waals surface area contributed by atoms with Crippen LogP contribution in [0.5, 0.6) is 0 Å². The van der Waals surface area contributed by atoms with E-state index in [1.54, 1.807) is 19.9 Å². The Morgan fingerprint density at radius 2 is 1.95 bits per heavy atom. The lowest BCUT2D eigenvalue weighted by Gasteiger charge is -2.05. The Bertz CT molecular complexity index is 777. The Kier molecular flexibility index (Phi) is 4.07. The summed E-state index contributed by atoms with van der Waals surface area (Å²) in [5.41, 5.74) is 2.15. The maximum atomic E-state index is 12.3. The molecular weight excluding hydrogens is 286 g/mol. The molecule has 0 aliphatic carbocycles. The molecule has 0 aliphatic rings. The van der Waals surface area contributed by atoms with Gasteiger partial charge < -0.3 is 10.3 Å². The smallest absolute Gasteiger partial charge is 0.272 e. The number of aromatic amines is 1. The number of non-ortho nitro benzene ring substituents is 1. The van der Waals surface area contributed by atoms with Crippen LogP contribution in [0.15, 0.2) is 24.3 Å². The van der Waals surface area contributed by atoms with Crippen LogP contribution >= 0.6 is 0 Å². The second kappa shape index (κ2) is 5.80. The second-order valence-electron chi connectivity index (χ2n) is 4.94. The number of H-pyrrole nitrogens is 1. The van der Waals surface area contributed by atoms with Crippen LogP contribution in [0.1, 0.15) is 39.0 Å². The summed E-state index contributed by atoms with van der Waals surface area (Å²) in [4.78, 5) is 36.9. The molecule has 1 aromatic carbocycles. The van der Waals surface area contributed by atoms with E-state index in [9.17, 15) is 19.7 Å². The molecule has 0 saturated carbocycles. The van der Waals surface area contributed by atoms with Gasteiger partial charge >= 0.3 is 0 Å². The molecule has 0 saturated heterocycles. The van der Waals surface area contributed by atoms with Gasteiger partial charge in [-0.2, -0.15) is 0 Å². The number of hydrogen-bond acceptors (Lipinski definition) is 4. The number of carbonyl (C=O) groups excluding carboxylic acids is 2. The number of nitrogens with one attached hydrogen (secondary N) is 2. The van der Waals surface area contributed by atoms with Gasteiger partial charge in [0.05, 0.1) is 4.92 Å². The zero-order valence-corrected chi connectivity index (χ0v) is 12.4. The number of aryl methyl sites for hydroxylation is 1. The van der Waals surface area contributed by atoms with Crippen LogP contribution in [-0.4, -0.2) is 21.6 Å². The highest BCUT2D eigenvalue weighted by molar-refractivity contribution is 6.07. The Hall–Kier alpha value is -2.96. The summed E-state index contributed by atoms with van der Waals surface area (Å²) < 4.78 is 0. The van der Waals surface area contributed by atoms with Crippen LogP contribution in [0.2, 0.25) is 0 Å². The Morgan fingerprint density at radius 3 is 2.50 bits per heavy atom. The van der Waals surface area contributed by atoms with E-state index in [0.717, 1.165) is 0 Å². The van der Waals surface area contributed by atoms with E-state index in [2.05, 4.69) is 10.3 Å². The van der Waals surface area contributed by atoms with Gasteiger partial charge in [0.15, 0.2) is 5.78 Å². The molecule has 0 atom stereocenters. The van der Waals surface area contributed by atoms with Crippen molar-refractivity contribution in [3.05, 3.63) is 56.9 Å². The minimum Gasteiger partial charge on any atom is -0.354 e. The predicted molar refractivity (Wildman–Crippen MR) is 81.3 cm³/mol. The highest BCUT2D eigenvalue weighted by atomic mass is 16.6. The molecule has 1 aromatic heterocycles. The number of hydrogen-bond donors (Lipinski definition) is 2. The number of Topliss-reactive ketones (excluding diaryl/α,β-unsaturated/α-hetero) is 1. The minimum absolute atomic E-state index is 0.110. The summed E-state index contributed by atoms with van der Waals surface area (Å²) in [6.45, 7) is 4.84. The first-order chi connectivity index (χ1) is 10.3. The van der Waals surface area contributed by atoms with E-state index < -0.39 is 10.8 Å². The lowest BCUT2D eigenvalue weighted by atomic mass is 10.1. The van der Waals surface area contributed by atoms with E-state index in [4.69, 9.17) is 0 Å². The molecule has 0 unspecified atom stereocenters. The number of benzene rings is 1. The molecule has 0 aliphatic heterocycles. The fourth-order valence-corrected chi connectivity index (χ4v) is 2.40. The first kappa shape index (κ1) is 15.4. The maximum Gasteiger partial charge on any atom is 0.272 e. The topological polar surface area (TPSA) is 105 Å². The third-order valence-electron chi connectivity index (χ3n) is 3.33. The van der Waals surface area contributed by atoms with Crippen molar-refractivity contribution in [1.29, 1.82) is 0 Å². The summed E-state index contributed by atoms with van der Waals surface area (Å²) in [5.74, 6) is -0.575. The van der Waals surface area contributed by atoms with E-state index in [-0.39, 0.29) is 17.2 Å². The summed E-state index contributed by atoms with van der Waals surface area (Å²) in [6.07, 6.45) is 0. The van der Waals surface area contributed by atoms with Crippen LogP contribution in [-0.2, 0) is 0 Å². The third-order valence-corrected chi connectivity index (χ3v) is 3.33. The monoisotopic (exact) mass is 301 g/mol. The van der Waals surface area contributed by atoms with Crippen molar-refractivity contribution in [2.75, 3.05) is 5.32 Å². The molecule has 1 amide bonds. The predicted octanol–water partition coefficient (Wildman–Crippen LogP) is 2.99. The van der Waals surface area contributed by atoms with Crippen molar-refractivity contribution in [1.82, 2.24) is 4.98 Å². The number of anilines is 1. The van der Waals surface area contributed by atoms with Gasteiger partial charge in [0.2, 0.25) is 0 Å². The van der Waals surface area contributed by atoms with Gasteiger partial charge in [0, 0.05) is 29.1 Å². The Morgan fingerprint density at radius 1 is 1.27 bits per heavy atom. The SMILES string of the molecule is CC(=O)c1c(C)[nH]c(C(=O)Nc2cccc([N+](=O)[O-])c2)c1C. The Balaban J connectivity index is 2.30. The molecular formula is C15H15N3O4. The van der Waals surface area contributed by atoms with Crippen molar-refractivity contribution in [2.45, 2.75) is 20.8 Å². The fraction of sp³-hybridized carbons (Fsp3) is 0.200. The zero-order valence-electron chi connectivity index (χ0n) is 12.4. The molecule has 0 fully saturated rings. The quantitative estimate of drug-likeness (QED) is 0.514. The first-order valence-corrected chi connectivity index (χ1v) is 6.57. The number of rotatable bonds is 4. The average Bonchev–Trinajstić information content (AvgIpc) is 2.74. The summed E-state index contributed by atoms with van der Waals surface area (Å²) in [6, 6.07) is 5.66. The third kappa shape index (κ3) is 2.88. The molecule has 0 radical (unpaired) electrons. The number of nitro benzene ring substituents is 1. The normalized spacial score (nSPS) is 10.3. The van der Waals surface area contributed by atoms with Crippen molar-refractivity contribution < 1.29 is 14.5 Å². The minimum atomic E-state index is -0.534. The second-order valence-corrected chi connectivity index (χ2v) is 4.94. The highest BCUT2D eigenvalue weighted by Crippen LogP contribution is 2.21. The van der Waals surface area contributed by atoms with Crippen molar-refractivity contribution in [2.24, 2.45) is 0 Å². The molecule has 2 rings (SSSR count). The van der Waals surface area contributed by atoms with E-state index in [1.807, 2.05) is 0 Å². The Labute approximate surface area is 126 Å². The van der Waals surface area contributed by atoms with Crippen LogP contribution in [0.3, 0.4) is 0 Å². The van der Waals surface area contributed by atoms with Gasteiger partial charge in [-0.25, -0.2) is 0 Å². The van der Waals surface area contributed by atoms with E-state index >= 15 is 0 Å². The number of nitrogens with zero attached hydrogens (tertiary/aromatic N) is 1. The van der Waals surface area contributed by atoms with E-state index in [0.29, 0.717) is 22.5 Å². The number of ketones is 1. The summed E-state index contributed by atoms with van der Waals surface area (Å²) in [7, 11) is 0. The van der Waals surface area contributed by atoms with Crippen molar-refractivity contribution in [3.63, 3.8) is 0 Å². The van der Waals surface area contributed by atoms with Crippen molar-refractivity contribution >= 4 is 23.1 Å². The van der Waals surface area contributed by atoms with E-state index in [1.165, 1.54) is 25.1 Å². The standard InChI is InChI=1S/C15H15N3O4/c1-8-13(10(3)19)9(2)16-14(8)15(20)17-11-5-4-6-12(7-11)18(21)22/h4-7,16H,1-3H3,(H,17,20). The molecule has 1 heterocycles. The van der Waals surface area contributed by atoms with Crippen LogP contribution in [0.4, 0.5) is 11.4 Å². The zero-order chi connectivity index (χ0) is 16.4. The lowest BCUT2D eigenvalue weighted by molar-refractivity contribution is -0.384. The van der Waals surface area contributed by atoms with Gasteiger partial charge in [-0.3, -0.25) is 19.7 Å². The van der Waals surface area contributed by atoms with Gasteiger partial charge in [-0.05, 0) is 32.4 Å². The fourth-order valence-electron chi connectivity index (χ4n) is 2.40. The van der Waals surface area contributed by atoms with Gasteiger partial charge in [-0.15, -0.1) is 0 Å². The first-order valence-electron chi connectivity index (χ1n) is 6.57. The number of nitro groups is 1. The van der Waals surface area contributed by atoms with Crippen LogP contribution < -0.4 is 5.32 Å². The number of amides is 1. The largest absolute Gasteiger partial charge is 0.354 e. The van der Waals surface area contributed by atoms with Gasteiger partial charge in [0.1, 0.15) is 5.69 Å². The molecule has 114 valence electrons. The summed E-state index contributed by atoms with van der Waals surface area (Å²) >= 11 is 0. The lowest BCUT2D eigenvalue weighted by Crippen LogP contribution is -2.14.